The van der Waals surface area contributed by atoms with Crippen LogP contribution in [0.1, 0.15) is 6.92 Å². The maximum atomic E-state index is 12.7. The number of alkyl halides is 5. The van der Waals surface area contributed by atoms with Crippen LogP contribution in [0.15, 0.2) is 12.2 Å². The monoisotopic (exact) mass is 248 g/mol. The minimum Gasteiger partial charge on any atom is -0.456 e. The Morgan fingerprint density at radius 1 is 1.38 bits per heavy atom. The topological polar surface area (TPSA) is 46.5 Å². The first-order valence-corrected chi connectivity index (χ1v) is 3.93. The molecule has 1 N–H and O–H groups in total. The number of ether oxygens (including phenoxy) is 1. The summed E-state index contributed by atoms with van der Waals surface area (Å²) in [5.74, 6) is -5.85. The van der Waals surface area contributed by atoms with Crippen LogP contribution < -0.4 is 0 Å². The number of halogens is 5. The van der Waals surface area contributed by atoms with Crippen LogP contribution in [0, 0.1) is 0 Å². The predicted octanol–water partition coefficient (Wildman–Crippen LogP) is 1.66. The van der Waals surface area contributed by atoms with Crippen molar-refractivity contribution >= 4 is 5.97 Å². The maximum absolute atomic E-state index is 12.7. The molecule has 0 aromatic heterocycles. The Morgan fingerprint density at radius 2 is 1.81 bits per heavy atom. The molecule has 0 aliphatic heterocycles. The van der Waals surface area contributed by atoms with Crippen molar-refractivity contribution in [2.24, 2.45) is 0 Å². The van der Waals surface area contributed by atoms with E-state index in [9.17, 15) is 26.7 Å². The highest BCUT2D eigenvalue weighted by Gasteiger charge is 2.55. The Hall–Kier alpha value is -1.18. The first kappa shape index (κ1) is 14.8. The number of aliphatic hydroxyl groups excluding tert-OH is 1. The van der Waals surface area contributed by atoms with Crippen molar-refractivity contribution in [2.45, 2.75) is 25.1 Å². The smallest absolute Gasteiger partial charge is 0.420 e. The second kappa shape index (κ2) is 4.77. The first-order valence-electron chi connectivity index (χ1n) is 3.93. The van der Waals surface area contributed by atoms with E-state index in [1.54, 1.807) is 0 Å². The van der Waals surface area contributed by atoms with E-state index in [1.165, 1.54) is 0 Å². The first-order chi connectivity index (χ1) is 6.98. The van der Waals surface area contributed by atoms with E-state index in [1.807, 2.05) is 0 Å². The highest BCUT2D eigenvalue weighted by molar-refractivity contribution is 5.86. The highest BCUT2D eigenvalue weighted by atomic mass is 19.4. The van der Waals surface area contributed by atoms with E-state index in [0.29, 0.717) is 0 Å². The molecule has 1 unspecified atom stereocenters. The number of aliphatic hydroxyl groups is 1. The number of carbonyl (C=O) groups is 1. The minimum absolute atomic E-state index is 0.239. The lowest BCUT2D eigenvalue weighted by atomic mass is 10.2. The van der Waals surface area contributed by atoms with Crippen LogP contribution in [0.5, 0.6) is 0 Å². The number of hydrogen-bond acceptors (Lipinski definition) is 3. The number of hydrogen-bond donors (Lipinski definition) is 1. The minimum atomic E-state index is -5.49. The molecule has 94 valence electrons. The Kier molecular flexibility index (Phi) is 4.42. The molecular formula is C8H9F5O3. The predicted molar refractivity (Wildman–Crippen MR) is 42.8 cm³/mol. The number of rotatable bonds is 4. The average Bonchev–Trinajstić information content (AvgIpc) is 2.11. The average molecular weight is 248 g/mol. The molecule has 0 heterocycles. The molecule has 0 aromatic carbocycles. The van der Waals surface area contributed by atoms with Crippen molar-refractivity contribution < 1.29 is 36.6 Å². The van der Waals surface area contributed by atoms with E-state index in [4.69, 9.17) is 5.11 Å². The summed E-state index contributed by atoms with van der Waals surface area (Å²) < 4.78 is 64.4. The lowest BCUT2D eigenvalue weighted by Gasteiger charge is -2.23. The molecule has 0 aliphatic rings. The second-order valence-corrected chi connectivity index (χ2v) is 3.06. The summed E-state index contributed by atoms with van der Waals surface area (Å²) >= 11 is 0. The van der Waals surface area contributed by atoms with E-state index in [-0.39, 0.29) is 5.57 Å². The third-order valence-electron chi connectivity index (χ3n) is 1.45. The summed E-state index contributed by atoms with van der Waals surface area (Å²) in [7, 11) is 0. The molecule has 0 aliphatic carbocycles. The van der Waals surface area contributed by atoms with Gasteiger partial charge in [-0.25, -0.2) is 4.79 Å². The van der Waals surface area contributed by atoms with Crippen LogP contribution in [0.3, 0.4) is 0 Å². The number of esters is 1. The Labute approximate surface area is 87.5 Å². The van der Waals surface area contributed by atoms with Gasteiger partial charge < -0.3 is 9.84 Å². The van der Waals surface area contributed by atoms with E-state index in [0.717, 1.165) is 6.92 Å². The lowest BCUT2D eigenvalue weighted by Crippen LogP contribution is -2.48. The highest BCUT2D eigenvalue weighted by Crippen LogP contribution is 2.32. The SMILES string of the molecule is C=C(C)C(=O)OCC(F)(F)C(O)C(F)(F)F. The van der Waals surface area contributed by atoms with Crippen LogP contribution in [-0.2, 0) is 9.53 Å². The zero-order chi connectivity index (χ0) is 13.1. The van der Waals surface area contributed by atoms with Crippen molar-refractivity contribution in [2.75, 3.05) is 6.61 Å². The molecule has 0 radical (unpaired) electrons. The van der Waals surface area contributed by atoms with Crippen molar-refractivity contribution in [1.29, 1.82) is 0 Å². The fourth-order valence-corrected chi connectivity index (χ4v) is 0.603. The quantitative estimate of drug-likeness (QED) is 0.467. The summed E-state index contributed by atoms with van der Waals surface area (Å²) in [5.41, 5.74) is -0.239. The van der Waals surface area contributed by atoms with Gasteiger partial charge in [-0.05, 0) is 6.92 Å². The third kappa shape index (κ3) is 4.13. The Morgan fingerprint density at radius 3 is 2.12 bits per heavy atom. The second-order valence-electron chi connectivity index (χ2n) is 3.06. The van der Waals surface area contributed by atoms with Gasteiger partial charge in [0.15, 0.2) is 6.61 Å². The standard InChI is InChI=1S/C8H9F5O3/c1-4(2)5(14)16-3-7(9,10)6(15)8(11,12)13/h6,15H,1,3H2,2H3. The molecule has 0 amide bonds. The fraction of sp³-hybridized carbons (Fsp3) is 0.625. The molecule has 0 saturated heterocycles. The molecule has 0 spiro atoms. The molecule has 8 heteroatoms. The van der Waals surface area contributed by atoms with Gasteiger partial charge >= 0.3 is 18.1 Å². The molecule has 3 nitrogen and oxygen atoms in total. The maximum Gasteiger partial charge on any atom is 0.420 e. The Bertz CT molecular complexity index is 284. The molecule has 0 rings (SSSR count). The third-order valence-corrected chi connectivity index (χ3v) is 1.45. The summed E-state index contributed by atoms with van der Waals surface area (Å²) in [4.78, 5) is 10.6. The molecule has 0 fully saturated rings. The van der Waals surface area contributed by atoms with Crippen molar-refractivity contribution in [3.05, 3.63) is 12.2 Å². The summed E-state index contributed by atoms with van der Waals surface area (Å²) in [6.07, 6.45) is -9.36. The summed E-state index contributed by atoms with van der Waals surface area (Å²) in [5, 5.41) is 8.28. The lowest BCUT2D eigenvalue weighted by molar-refractivity contribution is -0.277. The van der Waals surface area contributed by atoms with E-state index in [2.05, 4.69) is 11.3 Å². The van der Waals surface area contributed by atoms with Gasteiger partial charge in [0.2, 0.25) is 6.10 Å². The molecule has 0 saturated carbocycles. The van der Waals surface area contributed by atoms with Crippen molar-refractivity contribution in [1.82, 2.24) is 0 Å². The van der Waals surface area contributed by atoms with Gasteiger partial charge in [0.25, 0.3) is 0 Å². The van der Waals surface area contributed by atoms with Crippen LogP contribution in [0.25, 0.3) is 0 Å². The molecular weight excluding hydrogens is 239 g/mol. The van der Waals surface area contributed by atoms with Gasteiger partial charge in [-0.3, -0.25) is 0 Å². The largest absolute Gasteiger partial charge is 0.456 e. The van der Waals surface area contributed by atoms with Crippen molar-refractivity contribution in [3.8, 4) is 0 Å². The van der Waals surface area contributed by atoms with Gasteiger partial charge in [-0.2, -0.15) is 22.0 Å². The van der Waals surface area contributed by atoms with Gasteiger partial charge in [0.1, 0.15) is 0 Å². The van der Waals surface area contributed by atoms with E-state index >= 15 is 0 Å². The normalized spacial score (nSPS) is 14.4. The number of carbonyl (C=O) groups excluding carboxylic acids is 1. The van der Waals surface area contributed by atoms with Crippen LogP contribution in [0.4, 0.5) is 22.0 Å². The fourth-order valence-electron chi connectivity index (χ4n) is 0.603. The summed E-state index contributed by atoms with van der Waals surface area (Å²) in [6, 6.07) is 0. The zero-order valence-corrected chi connectivity index (χ0v) is 8.15. The molecule has 1 atom stereocenters. The zero-order valence-electron chi connectivity index (χ0n) is 8.15. The molecule has 0 aromatic rings. The molecule has 16 heavy (non-hydrogen) atoms. The van der Waals surface area contributed by atoms with Gasteiger partial charge in [-0.1, -0.05) is 6.58 Å². The van der Waals surface area contributed by atoms with E-state index < -0.39 is 30.8 Å². The van der Waals surface area contributed by atoms with Crippen LogP contribution in [-0.4, -0.2) is 35.9 Å². The summed E-state index contributed by atoms with van der Waals surface area (Å²) in [6.45, 7) is 2.32. The van der Waals surface area contributed by atoms with Crippen molar-refractivity contribution in [3.63, 3.8) is 0 Å². The van der Waals surface area contributed by atoms with Gasteiger partial charge in [0.05, 0.1) is 0 Å². The van der Waals surface area contributed by atoms with Crippen LogP contribution in [0.2, 0.25) is 0 Å². The van der Waals surface area contributed by atoms with Gasteiger partial charge in [-0.15, -0.1) is 0 Å². The Balaban J connectivity index is 4.47. The van der Waals surface area contributed by atoms with Gasteiger partial charge in [0, 0.05) is 5.57 Å². The molecule has 0 bridgehead atoms. The van der Waals surface area contributed by atoms with Crippen LogP contribution >= 0.6 is 0 Å².